The van der Waals surface area contributed by atoms with Gasteiger partial charge in [0.15, 0.2) is 11.7 Å². The van der Waals surface area contributed by atoms with Gasteiger partial charge >= 0.3 is 0 Å². The number of hydrogen-bond acceptors (Lipinski definition) is 9. The Kier molecular flexibility index (Phi) is 11.9. The third kappa shape index (κ3) is 7.77. The van der Waals surface area contributed by atoms with Crippen LogP contribution in [0.2, 0.25) is 0 Å². The van der Waals surface area contributed by atoms with Crippen LogP contribution in [0.4, 0.5) is 20.3 Å². The quantitative estimate of drug-likeness (QED) is 0.0338. The second-order valence-corrected chi connectivity index (χ2v) is 9.35. The molecule has 2 heterocycles. The summed E-state index contributed by atoms with van der Waals surface area (Å²) in [6, 6.07) is 7.97. The van der Waals surface area contributed by atoms with Crippen molar-refractivity contribution in [2.75, 3.05) is 31.3 Å². The number of phenolic OH excluding ortho intramolecular Hbond substituents is 1. The fraction of sp³-hybridized carbons (Fsp3) is 0.192. The van der Waals surface area contributed by atoms with Gasteiger partial charge in [0.2, 0.25) is 12.8 Å². The van der Waals surface area contributed by atoms with Crippen molar-refractivity contribution in [1.82, 2.24) is 19.6 Å². The Morgan fingerprint density at radius 3 is 2.75 bits per heavy atom. The summed E-state index contributed by atoms with van der Waals surface area (Å²) in [7, 11) is 0. The Morgan fingerprint density at radius 1 is 1.23 bits per heavy atom. The third-order valence-corrected chi connectivity index (χ3v) is 6.65. The Balaban J connectivity index is 2.23. The Bertz CT molecular complexity index is 1360. The SMILES string of the molecule is C=CCCN(SOCCNC=O)C(=Nc1cccnc1SC)c1cc(F)c(-c2c(O)cccc2F)nc1NC=O. The highest BCUT2D eigenvalue weighted by atomic mass is 32.2. The maximum atomic E-state index is 15.6. The fourth-order valence-electron chi connectivity index (χ4n) is 3.38. The number of aliphatic imine (C=N–C) groups is 1. The molecule has 2 aromatic heterocycles. The molecule has 0 aliphatic heterocycles. The summed E-state index contributed by atoms with van der Waals surface area (Å²) in [6.07, 6.45) is 6.46. The molecule has 0 radical (unpaired) electrons. The largest absolute Gasteiger partial charge is 0.507 e. The van der Waals surface area contributed by atoms with Crippen molar-refractivity contribution < 1.29 is 27.7 Å². The van der Waals surface area contributed by atoms with E-state index in [1.54, 1.807) is 28.7 Å². The van der Waals surface area contributed by atoms with Gasteiger partial charge in [-0.25, -0.2) is 23.7 Å². The number of anilines is 1. The average Bonchev–Trinajstić information content (AvgIpc) is 2.95. The monoisotopic (exact) mass is 588 g/mol. The van der Waals surface area contributed by atoms with Crippen LogP contribution in [-0.2, 0) is 13.8 Å². The van der Waals surface area contributed by atoms with Crippen LogP contribution in [-0.4, -0.2) is 64.0 Å². The lowest BCUT2D eigenvalue weighted by atomic mass is 10.1. The van der Waals surface area contributed by atoms with Crippen LogP contribution in [0.25, 0.3) is 11.3 Å². The minimum atomic E-state index is -0.972. The van der Waals surface area contributed by atoms with Gasteiger partial charge in [-0.15, -0.1) is 18.3 Å². The summed E-state index contributed by atoms with van der Waals surface area (Å²) in [5, 5.41) is 15.7. The van der Waals surface area contributed by atoms with Crippen molar-refractivity contribution in [3.63, 3.8) is 0 Å². The number of phenols is 1. The van der Waals surface area contributed by atoms with Crippen LogP contribution in [0.15, 0.2) is 65.3 Å². The number of aromatic nitrogens is 2. The molecule has 0 unspecified atom stereocenters. The number of amides is 2. The summed E-state index contributed by atoms with van der Waals surface area (Å²) >= 11 is 2.24. The van der Waals surface area contributed by atoms with Crippen molar-refractivity contribution in [2.45, 2.75) is 11.4 Å². The van der Waals surface area contributed by atoms with Crippen LogP contribution >= 0.6 is 24.0 Å². The molecule has 0 saturated carbocycles. The third-order valence-electron chi connectivity index (χ3n) is 5.14. The van der Waals surface area contributed by atoms with Crippen LogP contribution in [0.5, 0.6) is 5.75 Å². The van der Waals surface area contributed by atoms with Crippen molar-refractivity contribution in [3.05, 3.63) is 72.4 Å². The number of amidine groups is 1. The van der Waals surface area contributed by atoms with E-state index in [1.165, 1.54) is 23.9 Å². The fourth-order valence-corrected chi connectivity index (χ4v) is 4.55. The number of rotatable bonds is 15. The number of thioether (sulfide) groups is 1. The van der Waals surface area contributed by atoms with E-state index in [1.807, 2.05) is 6.26 Å². The van der Waals surface area contributed by atoms with Crippen LogP contribution in [0.1, 0.15) is 12.0 Å². The molecule has 0 aliphatic carbocycles. The van der Waals surface area contributed by atoms with Gasteiger partial charge in [0.05, 0.1) is 23.4 Å². The molecule has 10 nitrogen and oxygen atoms in total. The van der Waals surface area contributed by atoms with Gasteiger partial charge in [-0.05, 0) is 43.0 Å². The molecular formula is C26H26F2N6O4S2. The molecule has 3 aromatic rings. The Hall–Kier alpha value is -4.01. The summed E-state index contributed by atoms with van der Waals surface area (Å²) in [5.41, 5.74) is -0.466. The van der Waals surface area contributed by atoms with Gasteiger partial charge in [0, 0.05) is 19.3 Å². The Labute approximate surface area is 238 Å². The Morgan fingerprint density at radius 2 is 2.05 bits per heavy atom. The number of pyridine rings is 2. The topological polar surface area (TPSA) is 129 Å². The summed E-state index contributed by atoms with van der Waals surface area (Å²) in [5.74, 6) is -2.40. The molecule has 1 aromatic carbocycles. The minimum absolute atomic E-state index is 0.0475. The standard InChI is InChI=1S/C26H26F2N6O4S2/c1-3-4-12-34(40-38-13-11-29-15-35)25(32-20-8-6-10-30-26(20)39-2)17-14-19(28)23(33-24(17)31-16-36)22-18(27)7-5-9-21(22)37/h3,5-10,14-16,37H,1,4,11-13H2,2H3,(H,29,35)(H,31,33,36). The number of halogens is 2. The molecule has 0 bridgehead atoms. The second-order valence-electron chi connectivity index (χ2n) is 7.73. The maximum Gasteiger partial charge on any atom is 0.212 e. The molecule has 0 atom stereocenters. The van der Waals surface area contributed by atoms with Crippen LogP contribution < -0.4 is 10.6 Å². The smallest absolute Gasteiger partial charge is 0.212 e. The molecule has 14 heteroatoms. The molecule has 3 rings (SSSR count). The summed E-state index contributed by atoms with van der Waals surface area (Å²) < 4.78 is 37.5. The maximum absolute atomic E-state index is 15.6. The number of hydrogen-bond donors (Lipinski definition) is 3. The molecule has 0 saturated heterocycles. The molecule has 0 aliphatic rings. The predicted molar refractivity (Wildman–Crippen MR) is 152 cm³/mol. The number of benzene rings is 1. The van der Waals surface area contributed by atoms with Gasteiger partial charge in [-0.1, -0.05) is 12.1 Å². The van der Waals surface area contributed by atoms with Crippen molar-refractivity contribution in [1.29, 1.82) is 0 Å². The lowest BCUT2D eigenvalue weighted by molar-refractivity contribution is -0.109. The summed E-state index contributed by atoms with van der Waals surface area (Å²) in [4.78, 5) is 35.4. The first-order valence-electron chi connectivity index (χ1n) is 11.8. The number of carbonyl (C=O) groups excluding carboxylic acids is 2. The minimum Gasteiger partial charge on any atom is -0.507 e. The van der Waals surface area contributed by atoms with Crippen LogP contribution in [0.3, 0.4) is 0 Å². The average molecular weight is 589 g/mol. The first-order valence-corrected chi connectivity index (χ1v) is 13.7. The molecule has 0 fully saturated rings. The number of carbonyl (C=O) groups is 2. The van der Waals surface area contributed by atoms with E-state index in [4.69, 9.17) is 9.18 Å². The molecule has 210 valence electrons. The van der Waals surface area contributed by atoms with Gasteiger partial charge in [0.25, 0.3) is 0 Å². The van der Waals surface area contributed by atoms with E-state index in [-0.39, 0.29) is 30.4 Å². The van der Waals surface area contributed by atoms with Gasteiger partial charge in [-0.3, -0.25) is 18.1 Å². The number of nitrogens with zero attached hydrogens (tertiary/aromatic N) is 4. The zero-order valence-electron chi connectivity index (χ0n) is 21.3. The second kappa shape index (κ2) is 15.5. The zero-order chi connectivity index (χ0) is 28.9. The van der Waals surface area contributed by atoms with Gasteiger partial charge in [0.1, 0.15) is 40.3 Å². The first kappa shape index (κ1) is 30.5. The molecular weight excluding hydrogens is 562 g/mol. The first-order chi connectivity index (χ1) is 19.4. The molecule has 2 amide bonds. The van der Waals surface area contributed by atoms with Gasteiger partial charge in [-0.2, -0.15) is 0 Å². The highest BCUT2D eigenvalue weighted by Gasteiger charge is 2.25. The van der Waals surface area contributed by atoms with Crippen molar-refractivity contribution in [2.24, 2.45) is 4.99 Å². The lowest BCUT2D eigenvalue weighted by Gasteiger charge is -2.25. The van der Waals surface area contributed by atoms with E-state index >= 15 is 4.39 Å². The van der Waals surface area contributed by atoms with Crippen LogP contribution in [0, 0.1) is 11.6 Å². The zero-order valence-corrected chi connectivity index (χ0v) is 23.0. The van der Waals surface area contributed by atoms with E-state index in [0.717, 1.165) is 24.4 Å². The van der Waals surface area contributed by atoms with Crippen molar-refractivity contribution in [3.8, 4) is 17.0 Å². The van der Waals surface area contributed by atoms with Gasteiger partial charge < -0.3 is 15.7 Å². The van der Waals surface area contributed by atoms with Crippen molar-refractivity contribution >= 4 is 54.2 Å². The highest BCUT2D eigenvalue weighted by Crippen LogP contribution is 2.36. The van der Waals surface area contributed by atoms with E-state index < -0.39 is 28.6 Å². The predicted octanol–water partition coefficient (Wildman–Crippen LogP) is 4.70. The van der Waals surface area contributed by atoms with E-state index in [0.29, 0.717) is 36.5 Å². The number of aromatic hydroxyl groups is 1. The highest BCUT2D eigenvalue weighted by molar-refractivity contribution is 7.98. The summed E-state index contributed by atoms with van der Waals surface area (Å²) in [6.45, 7) is 4.43. The number of nitrogens with one attached hydrogen (secondary N) is 2. The van der Waals surface area contributed by atoms with E-state index in [9.17, 15) is 19.1 Å². The molecule has 40 heavy (non-hydrogen) atoms. The normalized spacial score (nSPS) is 11.1. The molecule has 0 spiro atoms. The molecule has 3 N–H and O–H groups in total. The lowest BCUT2D eigenvalue weighted by Crippen LogP contribution is -2.29. The van der Waals surface area contributed by atoms with E-state index in [2.05, 4.69) is 27.2 Å².